The normalized spacial score (nSPS) is 25.5. The van der Waals surface area contributed by atoms with Gasteiger partial charge in [-0.15, -0.1) is 0 Å². The fourth-order valence-corrected chi connectivity index (χ4v) is 5.34. The number of fused-ring (bicyclic) bond motifs is 3. The Morgan fingerprint density at radius 3 is 2.92 bits per heavy atom. The molecular weight excluding hydrogens is 366 g/mol. The number of anilines is 1. The molecule has 2 aliphatic carbocycles. The third kappa shape index (κ3) is 2.22. The van der Waals surface area contributed by atoms with Crippen LogP contribution in [-0.4, -0.2) is 33.7 Å². The van der Waals surface area contributed by atoms with Gasteiger partial charge in [0.25, 0.3) is 0 Å². The van der Waals surface area contributed by atoms with Gasteiger partial charge in [-0.25, -0.2) is 4.98 Å². The van der Waals surface area contributed by atoms with E-state index >= 15 is 0 Å². The van der Waals surface area contributed by atoms with Crippen LogP contribution in [-0.2, 0) is 11.8 Å². The first kappa shape index (κ1) is 15.1. The molecule has 2 aromatic heterocycles. The van der Waals surface area contributed by atoms with Crippen molar-refractivity contribution in [3.05, 3.63) is 21.9 Å². The summed E-state index contributed by atoms with van der Waals surface area (Å²) >= 11 is 3.65. The van der Waals surface area contributed by atoms with E-state index in [0.717, 1.165) is 29.6 Å². The molecule has 1 saturated carbocycles. The first-order chi connectivity index (χ1) is 11.8. The van der Waals surface area contributed by atoms with Crippen molar-refractivity contribution in [2.24, 2.45) is 0 Å². The molecule has 3 aliphatic rings. The summed E-state index contributed by atoms with van der Waals surface area (Å²) in [6.45, 7) is 2.13. The second kappa shape index (κ2) is 5.70. The Kier molecular flexibility index (Phi) is 3.59. The first-order valence-electron chi connectivity index (χ1n) is 9.31. The monoisotopic (exact) mass is 389 g/mol. The van der Waals surface area contributed by atoms with E-state index in [1.165, 1.54) is 62.0 Å². The van der Waals surface area contributed by atoms with Gasteiger partial charge in [-0.05, 0) is 54.6 Å². The van der Waals surface area contributed by atoms with Gasteiger partial charge in [0.2, 0.25) is 0 Å². The van der Waals surface area contributed by atoms with Gasteiger partial charge in [0.05, 0.1) is 16.4 Å². The summed E-state index contributed by atoms with van der Waals surface area (Å²) in [4.78, 5) is 5.13. The number of hydrogen-bond acceptors (Lipinski definition) is 4. The van der Waals surface area contributed by atoms with Crippen LogP contribution in [0.15, 0.2) is 10.7 Å². The zero-order valence-corrected chi connectivity index (χ0v) is 15.5. The molecule has 1 atom stereocenters. The number of hydrogen-bond donors (Lipinski definition) is 2. The van der Waals surface area contributed by atoms with E-state index in [1.54, 1.807) is 0 Å². The van der Waals surface area contributed by atoms with E-state index in [1.807, 2.05) is 10.7 Å². The summed E-state index contributed by atoms with van der Waals surface area (Å²) in [7, 11) is 0. The topological polar surface area (TPSA) is 54.2 Å². The molecule has 1 spiro atoms. The third-order valence-electron chi connectivity index (χ3n) is 6.27. The molecule has 2 N–H and O–H groups in total. The minimum absolute atomic E-state index is 0.323. The largest absolute Gasteiger partial charge is 0.366 e. The van der Waals surface area contributed by atoms with Crippen LogP contribution in [0, 0.1) is 0 Å². The van der Waals surface area contributed by atoms with Gasteiger partial charge in [0, 0.05) is 23.6 Å². The molecule has 0 bridgehead atoms. The Balaban J connectivity index is 1.66. The molecule has 2 fully saturated rings. The molecule has 5 rings (SSSR count). The van der Waals surface area contributed by atoms with Crippen LogP contribution >= 0.6 is 15.9 Å². The number of nitrogens with zero attached hydrogens (tertiary/aromatic N) is 3. The minimum atomic E-state index is 0.323. The number of rotatable bonds is 2. The summed E-state index contributed by atoms with van der Waals surface area (Å²) in [5.41, 5.74) is 4.08. The van der Waals surface area contributed by atoms with Crippen molar-refractivity contribution in [3.8, 4) is 0 Å². The average Bonchev–Trinajstić information content (AvgIpc) is 3.31. The van der Waals surface area contributed by atoms with Crippen LogP contribution < -0.4 is 10.6 Å². The molecule has 0 unspecified atom stereocenters. The molecule has 1 aliphatic heterocycles. The van der Waals surface area contributed by atoms with Crippen molar-refractivity contribution in [1.29, 1.82) is 0 Å². The van der Waals surface area contributed by atoms with E-state index in [2.05, 4.69) is 31.7 Å². The van der Waals surface area contributed by atoms with Gasteiger partial charge in [0.15, 0.2) is 5.65 Å². The summed E-state index contributed by atoms with van der Waals surface area (Å²) in [6, 6.07) is 0.491. The SMILES string of the molecule is Brc1cnn2c(N[C@H]3CCNC3)c3c(nc12)C1(CCCCC1)CC3. The Bertz CT molecular complexity index is 771. The Hall–Kier alpha value is -1.14. The standard InChI is InChI=1S/C18H24BrN5/c19-14-11-21-24-16(22-12-5-9-20-10-12)13-4-8-18(6-2-1-3-7-18)15(13)23-17(14)24/h11-12,20,22H,1-10H2/t12-/m0/s1. The van der Waals surface area contributed by atoms with Crippen molar-refractivity contribution >= 4 is 27.4 Å². The summed E-state index contributed by atoms with van der Waals surface area (Å²) in [6.07, 6.45) is 12.1. The van der Waals surface area contributed by atoms with E-state index in [9.17, 15) is 0 Å². The zero-order chi connectivity index (χ0) is 16.1. The third-order valence-corrected chi connectivity index (χ3v) is 6.83. The second-order valence-electron chi connectivity index (χ2n) is 7.69. The van der Waals surface area contributed by atoms with Crippen LogP contribution in [0.4, 0.5) is 5.82 Å². The lowest BCUT2D eigenvalue weighted by Crippen LogP contribution is -2.28. The quantitative estimate of drug-likeness (QED) is 0.825. The van der Waals surface area contributed by atoms with E-state index in [4.69, 9.17) is 4.98 Å². The van der Waals surface area contributed by atoms with Crippen LogP contribution in [0.5, 0.6) is 0 Å². The average molecular weight is 390 g/mol. The van der Waals surface area contributed by atoms with Crippen molar-refractivity contribution in [3.63, 3.8) is 0 Å². The van der Waals surface area contributed by atoms with Gasteiger partial charge < -0.3 is 10.6 Å². The van der Waals surface area contributed by atoms with Gasteiger partial charge in [-0.1, -0.05) is 19.3 Å². The lowest BCUT2D eigenvalue weighted by molar-refractivity contribution is 0.286. The van der Waals surface area contributed by atoms with Crippen molar-refractivity contribution in [2.75, 3.05) is 18.4 Å². The van der Waals surface area contributed by atoms with Crippen molar-refractivity contribution < 1.29 is 0 Å². The van der Waals surface area contributed by atoms with Crippen molar-refractivity contribution in [1.82, 2.24) is 19.9 Å². The Morgan fingerprint density at radius 2 is 2.12 bits per heavy atom. The molecule has 0 aromatic carbocycles. The van der Waals surface area contributed by atoms with Crippen molar-refractivity contribution in [2.45, 2.75) is 62.8 Å². The molecule has 0 radical (unpaired) electrons. The molecule has 128 valence electrons. The molecule has 0 amide bonds. The highest BCUT2D eigenvalue weighted by molar-refractivity contribution is 9.10. The van der Waals surface area contributed by atoms with Gasteiger partial charge >= 0.3 is 0 Å². The van der Waals surface area contributed by atoms with E-state index in [-0.39, 0.29) is 0 Å². The van der Waals surface area contributed by atoms with Crippen LogP contribution in [0.25, 0.3) is 5.65 Å². The number of nitrogens with one attached hydrogen (secondary N) is 2. The van der Waals surface area contributed by atoms with Crippen LogP contribution in [0.3, 0.4) is 0 Å². The fourth-order valence-electron chi connectivity index (χ4n) is 4.99. The highest BCUT2D eigenvalue weighted by Crippen LogP contribution is 2.50. The molecule has 24 heavy (non-hydrogen) atoms. The van der Waals surface area contributed by atoms with E-state index in [0.29, 0.717) is 11.5 Å². The van der Waals surface area contributed by atoms with Crippen LogP contribution in [0.2, 0.25) is 0 Å². The number of aromatic nitrogens is 3. The predicted molar refractivity (Wildman–Crippen MR) is 98.7 cm³/mol. The first-order valence-corrected chi connectivity index (χ1v) is 10.1. The maximum atomic E-state index is 5.13. The molecule has 5 nitrogen and oxygen atoms in total. The zero-order valence-electron chi connectivity index (χ0n) is 13.9. The predicted octanol–water partition coefficient (Wildman–Crippen LogP) is 3.41. The molecule has 2 aromatic rings. The maximum absolute atomic E-state index is 5.13. The van der Waals surface area contributed by atoms with E-state index < -0.39 is 0 Å². The lowest BCUT2D eigenvalue weighted by Gasteiger charge is -2.33. The summed E-state index contributed by atoms with van der Waals surface area (Å²) < 4.78 is 3.01. The lowest BCUT2D eigenvalue weighted by atomic mass is 9.72. The highest BCUT2D eigenvalue weighted by Gasteiger charge is 2.43. The van der Waals surface area contributed by atoms with Crippen LogP contribution in [0.1, 0.15) is 56.2 Å². The highest BCUT2D eigenvalue weighted by atomic mass is 79.9. The number of halogens is 1. The Morgan fingerprint density at radius 1 is 1.25 bits per heavy atom. The molecule has 1 saturated heterocycles. The Labute approximate surface area is 150 Å². The maximum Gasteiger partial charge on any atom is 0.171 e. The fraction of sp³-hybridized carbons (Fsp3) is 0.667. The smallest absolute Gasteiger partial charge is 0.171 e. The minimum Gasteiger partial charge on any atom is -0.366 e. The van der Waals surface area contributed by atoms with Gasteiger partial charge in [-0.2, -0.15) is 9.61 Å². The molecule has 6 heteroatoms. The second-order valence-corrected chi connectivity index (χ2v) is 8.54. The van der Waals surface area contributed by atoms with Gasteiger partial charge in [0.1, 0.15) is 5.82 Å². The summed E-state index contributed by atoms with van der Waals surface area (Å²) in [5.74, 6) is 1.19. The molecular formula is C18H24BrN5. The van der Waals surface area contributed by atoms with Gasteiger partial charge in [-0.3, -0.25) is 0 Å². The summed E-state index contributed by atoms with van der Waals surface area (Å²) in [5, 5.41) is 11.8. The molecule has 3 heterocycles.